The van der Waals surface area contributed by atoms with E-state index < -0.39 is 0 Å². The predicted molar refractivity (Wildman–Crippen MR) is 249 cm³/mol. The number of thioether (sulfide) groups is 3. The molecule has 0 aromatic carbocycles. The van der Waals surface area contributed by atoms with Crippen molar-refractivity contribution in [3.63, 3.8) is 0 Å². The fraction of sp³-hybridized carbons (Fsp3) is 0.913. The van der Waals surface area contributed by atoms with E-state index in [2.05, 4.69) is 25.7 Å². The van der Waals surface area contributed by atoms with E-state index in [-0.39, 0.29) is 75.0 Å². The van der Waals surface area contributed by atoms with Gasteiger partial charge in [0, 0.05) is 36.9 Å². The van der Waals surface area contributed by atoms with Crippen molar-refractivity contribution in [1.82, 2.24) is 4.90 Å². The van der Waals surface area contributed by atoms with Crippen LogP contribution in [0.25, 0.3) is 0 Å². The molecule has 2 atom stereocenters. The second kappa shape index (κ2) is 44.0. The van der Waals surface area contributed by atoms with Crippen LogP contribution < -0.4 is 0 Å². The van der Waals surface area contributed by atoms with Crippen LogP contribution >= 0.6 is 35.3 Å². The molecule has 0 aliphatic heterocycles. The number of rotatable bonds is 44. The van der Waals surface area contributed by atoms with Gasteiger partial charge in [-0.25, -0.2) is 0 Å². The molecule has 0 saturated carbocycles. The van der Waals surface area contributed by atoms with Crippen molar-refractivity contribution in [1.29, 1.82) is 0 Å². The summed E-state index contributed by atoms with van der Waals surface area (Å²) >= 11 is 5.41. The summed E-state index contributed by atoms with van der Waals surface area (Å²) in [6.07, 6.45) is 26.8. The average molecular weight is 878 g/mol. The monoisotopic (exact) mass is 878 g/mol. The van der Waals surface area contributed by atoms with Crippen LogP contribution in [0.15, 0.2) is 0 Å². The fourth-order valence-electron chi connectivity index (χ4n) is 6.24. The Kier molecular flexibility index (Phi) is 43.1. The van der Waals surface area contributed by atoms with Crippen LogP contribution in [0.1, 0.15) is 176 Å². The number of unbranched alkanes of at least 4 members (excludes halogenated alkanes) is 18. The molecule has 0 aliphatic rings. The highest BCUT2D eigenvalue weighted by Gasteiger charge is 2.17. The molecule has 342 valence electrons. The quantitative estimate of drug-likeness (QED) is 0.0330. The summed E-state index contributed by atoms with van der Waals surface area (Å²) < 4.78 is 21.4. The number of carbonyl (C=O) groups excluding carboxylic acids is 4. The van der Waals surface area contributed by atoms with E-state index in [0.29, 0.717) is 13.1 Å². The first kappa shape index (κ1) is 56.9. The molecule has 12 heteroatoms. The van der Waals surface area contributed by atoms with Crippen molar-refractivity contribution in [2.45, 2.75) is 176 Å². The van der Waals surface area contributed by atoms with Crippen molar-refractivity contribution >= 4 is 59.2 Å². The van der Waals surface area contributed by atoms with E-state index in [0.717, 1.165) is 41.1 Å². The van der Waals surface area contributed by atoms with Gasteiger partial charge in [-0.05, 0) is 30.1 Å². The molecule has 9 nitrogen and oxygen atoms in total. The molecule has 0 bridgehead atoms. The smallest absolute Gasteiger partial charge is 0.309 e. The first-order valence-electron chi connectivity index (χ1n) is 23.3. The van der Waals surface area contributed by atoms with Gasteiger partial charge in [0.2, 0.25) is 0 Å². The number of esters is 4. The lowest BCUT2D eigenvalue weighted by atomic mass is 10.1. The maximum absolute atomic E-state index is 12.4. The van der Waals surface area contributed by atoms with Crippen LogP contribution in [0, 0.1) is 11.8 Å². The Hall–Kier alpha value is -1.11. The zero-order valence-corrected chi connectivity index (χ0v) is 40.3. The third kappa shape index (κ3) is 39.1. The number of nitrogens with zero attached hydrogens (tertiary/aromatic N) is 1. The highest BCUT2D eigenvalue weighted by molar-refractivity contribution is 7.99. The second-order valence-corrected chi connectivity index (χ2v) is 19.3. The normalized spacial score (nSPS) is 12.4. The molecule has 0 aromatic heterocycles. The van der Waals surface area contributed by atoms with E-state index in [1.54, 1.807) is 35.3 Å². The summed E-state index contributed by atoms with van der Waals surface area (Å²) in [5, 5.41) is 0. The van der Waals surface area contributed by atoms with Gasteiger partial charge < -0.3 is 23.8 Å². The average Bonchev–Trinajstić information content (AvgIpc) is 3.22. The number of carbonyl (C=O) groups is 4. The van der Waals surface area contributed by atoms with Crippen molar-refractivity contribution in [3.8, 4) is 0 Å². The van der Waals surface area contributed by atoms with Gasteiger partial charge in [-0.1, -0.05) is 150 Å². The lowest BCUT2D eigenvalue weighted by Gasteiger charge is -2.21. The Balaban J connectivity index is 4.03. The Morgan fingerprint density at radius 1 is 0.431 bits per heavy atom. The third-order valence-corrected chi connectivity index (χ3v) is 13.5. The van der Waals surface area contributed by atoms with Gasteiger partial charge in [-0.3, -0.25) is 19.2 Å². The summed E-state index contributed by atoms with van der Waals surface area (Å²) in [6, 6.07) is 0. The van der Waals surface area contributed by atoms with Gasteiger partial charge in [0.25, 0.3) is 0 Å². The van der Waals surface area contributed by atoms with Gasteiger partial charge in [0.15, 0.2) is 0 Å². The molecular formula is C46H87NO8S3. The minimum atomic E-state index is -0.361. The summed E-state index contributed by atoms with van der Waals surface area (Å²) in [5.74, 6) is 3.87. The summed E-state index contributed by atoms with van der Waals surface area (Å²) in [6.45, 7) is 12.2. The van der Waals surface area contributed by atoms with Gasteiger partial charge in [-0.2, -0.15) is 35.3 Å². The molecule has 0 radical (unpaired) electrons. The summed E-state index contributed by atoms with van der Waals surface area (Å²) in [7, 11) is 0. The Bertz CT molecular complexity index is 905. The molecule has 0 heterocycles. The molecule has 58 heavy (non-hydrogen) atoms. The highest BCUT2D eigenvalue weighted by Crippen LogP contribution is 2.17. The summed E-state index contributed by atoms with van der Waals surface area (Å²) in [4.78, 5) is 51.7. The van der Waals surface area contributed by atoms with Crippen LogP contribution in [0.3, 0.4) is 0 Å². The van der Waals surface area contributed by atoms with Crippen molar-refractivity contribution in [2.75, 3.05) is 80.6 Å². The third-order valence-electron chi connectivity index (χ3n) is 10.0. The molecule has 0 aliphatic carbocycles. The zero-order valence-electron chi connectivity index (χ0n) is 37.8. The first-order valence-corrected chi connectivity index (χ1v) is 26.8. The van der Waals surface area contributed by atoms with Crippen LogP contribution in [0.5, 0.6) is 0 Å². The lowest BCUT2D eigenvalue weighted by molar-refractivity contribution is -0.154. The van der Waals surface area contributed by atoms with Gasteiger partial charge >= 0.3 is 23.9 Å². The van der Waals surface area contributed by atoms with Crippen LogP contribution in [0.2, 0.25) is 0 Å². The van der Waals surface area contributed by atoms with E-state index in [1.807, 2.05) is 13.8 Å². The SMILES string of the molecule is CCCCCCCCCCCCSCC(C)C(=O)OCCOC(=O)CCN(CCSCC)CCC(=O)OCCOC(=O)C(C)CSCCCCCCCCCCCC. The van der Waals surface area contributed by atoms with E-state index in [1.165, 1.54) is 128 Å². The van der Waals surface area contributed by atoms with Gasteiger partial charge in [0.05, 0.1) is 24.7 Å². The fourth-order valence-corrected chi connectivity index (χ4v) is 9.04. The highest BCUT2D eigenvalue weighted by atomic mass is 32.2. The van der Waals surface area contributed by atoms with Crippen LogP contribution in [-0.4, -0.2) is 109 Å². The van der Waals surface area contributed by atoms with Crippen LogP contribution in [0.4, 0.5) is 0 Å². The Labute approximate surface area is 368 Å². The number of hydrogen-bond acceptors (Lipinski definition) is 12. The molecule has 0 saturated heterocycles. The number of ether oxygens (including phenoxy) is 4. The van der Waals surface area contributed by atoms with Crippen molar-refractivity contribution < 1.29 is 38.1 Å². The predicted octanol–water partition coefficient (Wildman–Crippen LogP) is 11.6. The zero-order chi connectivity index (χ0) is 42.7. The lowest BCUT2D eigenvalue weighted by Crippen LogP contribution is -2.32. The molecule has 2 unspecified atom stereocenters. The molecular weight excluding hydrogens is 791 g/mol. The Morgan fingerprint density at radius 3 is 1.14 bits per heavy atom. The minimum absolute atomic E-state index is 0.0304. The molecule has 0 rings (SSSR count). The van der Waals surface area contributed by atoms with Crippen molar-refractivity contribution in [2.24, 2.45) is 11.8 Å². The van der Waals surface area contributed by atoms with E-state index in [4.69, 9.17) is 18.9 Å². The standard InChI is InChI=1S/C46H87NO8S3/c1-6-9-11-13-15-17-19-21-23-25-36-57-39-41(4)45(50)54-34-32-52-43(48)27-29-47(31-38-56-8-3)30-28-44(49)53-33-35-55-46(51)42(5)40-58-37-26-24-22-20-18-16-14-12-10-7-2/h41-42H,6-40H2,1-5H3. The molecule has 0 aromatic rings. The van der Waals surface area contributed by atoms with Gasteiger partial charge in [0.1, 0.15) is 26.4 Å². The van der Waals surface area contributed by atoms with Crippen LogP contribution in [-0.2, 0) is 38.1 Å². The number of hydrogen-bond donors (Lipinski definition) is 0. The maximum Gasteiger partial charge on any atom is 0.309 e. The summed E-state index contributed by atoms with van der Waals surface area (Å²) in [5.41, 5.74) is 0. The molecule has 0 fully saturated rings. The molecule has 0 N–H and O–H groups in total. The Morgan fingerprint density at radius 2 is 0.776 bits per heavy atom. The second-order valence-electron chi connectivity index (χ2n) is 15.6. The van der Waals surface area contributed by atoms with Gasteiger partial charge in [-0.15, -0.1) is 0 Å². The van der Waals surface area contributed by atoms with E-state index in [9.17, 15) is 19.2 Å². The topological polar surface area (TPSA) is 108 Å². The first-order chi connectivity index (χ1) is 28.2. The minimum Gasteiger partial charge on any atom is -0.462 e. The maximum atomic E-state index is 12.4. The molecule has 0 amide bonds. The largest absolute Gasteiger partial charge is 0.462 e. The van der Waals surface area contributed by atoms with E-state index >= 15 is 0 Å². The molecule has 0 spiro atoms. The van der Waals surface area contributed by atoms with Crippen molar-refractivity contribution in [3.05, 3.63) is 0 Å².